The molecule has 26 heavy (non-hydrogen) atoms. The number of nitrogens with one attached hydrogen (secondary N) is 2. The van der Waals surface area contributed by atoms with E-state index in [9.17, 15) is 4.79 Å². The molecule has 8 heteroatoms. The number of nitrogens with zero attached hydrogens (tertiary/aromatic N) is 1. The number of hydrogen-bond donors (Lipinski definition) is 2. The molecule has 2 N–H and O–H groups in total. The van der Waals surface area contributed by atoms with Crippen LogP contribution in [0.5, 0.6) is 17.2 Å². The van der Waals surface area contributed by atoms with Gasteiger partial charge in [-0.25, -0.2) is 5.43 Å². The molecular formula is C18H20BrN3O4. The van der Waals surface area contributed by atoms with Crippen molar-refractivity contribution in [3.63, 3.8) is 0 Å². The molecule has 0 fully saturated rings. The number of para-hydroxylation sites is 2. The molecule has 0 saturated carbocycles. The first-order valence-electron chi connectivity index (χ1n) is 7.69. The van der Waals surface area contributed by atoms with Crippen LogP contribution in [0.15, 0.2) is 46.0 Å². The molecular weight excluding hydrogens is 402 g/mol. The maximum Gasteiger partial charge on any atom is 0.259 e. The van der Waals surface area contributed by atoms with Crippen LogP contribution in [0.4, 0.5) is 5.69 Å². The highest BCUT2D eigenvalue weighted by molar-refractivity contribution is 9.10. The zero-order chi connectivity index (χ0) is 18.9. The number of benzene rings is 2. The van der Waals surface area contributed by atoms with Crippen molar-refractivity contribution in [1.29, 1.82) is 0 Å². The predicted octanol–water partition coefficient (Wildman–Crippen LogP) is 3.04. The Labute approximate surface area is 160 Å². The van der Waals surface area contributed by atoms with Gasteiger partial charge in [-0.2, -0.15) is 5.10 Å². The van der Waals surface area contributed by atoms with Crippen LogP contribution in [-0.4, -0.2) is 40.0 Å². The molecule has 0 radical (unpaired) electrons. The topological polar surface area (TPSA) is 81.2 Å². The third kappa shape index (κ3) is 5.13. The zero-order valence-electron chi connectivity index (χ0n) is 14.7. The van der Waals surface area contributed by atoms with Crippen molar-refractivity contribution in [2.24, 2.45) is 5.10 Å². The van der Waals surface area contributed by atoms with Crippen molar-refractivity contribution in [3.8, 4) is 17.2 Å². The number of hydrazone groups is 1. The molecule has 0 atom stereocenters. The van der Waals surface area contributed by atoms with Gasteiger partial charge in [-0.05, 0) is 34.1 Å². The lowest BCUT2D eigenvalue weighted by molar-refractivity contribution is -0.119. The Bertz CT molecular complexity index is 796. The molecule has 7 nitrogen and oxygen atoms in total. The Morgan fingerprint density at radius 1 is 1.08 bits per heavy atom. The standard InChI is InChI=1S/C18H20BrN3O4/c1-24-15-7-5-4-6-14(15)20-11-18(23)22-21-10-12-8-13(19)17(26-3)9-16(12)25-2/h4-10,20H,11H2,1-3H3,(H,22,23)/b21-10-. The number of rotatable bonds is 8. The van der Waals surface area contributed by atoms with Crippen molar-refractivity contribution in [1.82, 2.24) is 5.43 Å². The minimum atomic E-state index is -0.293. The largest absolute Gasteiger partial charge is 0.496 e. The number of carbonyl (C=O) groups excluding carboxylic acids is 1. The van der Waals surface area contributed by atoms with Crippen LogP contribution in [0.2, 0.25) is 0 Å². The fraction of sp³-hybridized carbons (Fsp3) is 0.222. The summed E-state index contributed by atoms with van der Waals surface area (Å²) >= 11 is 3.40. The van der Waals surface area contributed by atoms with E-state index in [0.717, 1.165) is 10.2 Å². The molecule has 2 aromatic carbocycles. The van der Waals surface area contributed by atoms with Gasteiger partial charge < -0.3 is 19.5 Å². The Balaban J connectivity index is 1.95. The van der Waals surface area contributed by atoms with Crippen LogP contribution in [-0.2, 0) is 4.79 Å². The highest BCUT2D eigenvalue weighted by atomic mass is 79.9. The quantitative estimate of drug-likeness (QED) is 0.505. The number of hydrogen-bond acceptors (Lipinski definition) is 6. The Morgan fingerprint density at radius 2 is 1.77 bits per heavy atom. The van der Waals surface area contributed by atoms with Crippen LogP contribution < -0.4 is 25.0 Å². The van der Waals surface area contributed by atoms with Crippen LogP contribution in [0.3, 0.4) is 0 Å². The molecule has 0 aromatic heterocycles. The van der Waals surface area contributed by atoms with Gasteiger partial charge in [0, 0.05) is 11.6 Å². The Hall–Kier alpha value is -2.74. The first-order valence-corrected chi connectivity index (χ1v) is 8.48. The third-order valence-corrected chi connectivity index (χ3v) is 4.06. The summed E-state index contributed by atoms with van der Waals surface area (Å²) < 4.78 is 16.5. The lowest BCUT2D eigenvalue weighted by Crippen LogP contribution is -2.26. The molecule has 0 spiro atoms. The minimum absolute atomic E-state index is 0.0567. The summed E-state index contributed by atoms with van der Waals surface area (Å²) in [6.45, 7) is 0.0567. The van der Waals surface area contributed by atoms with Gasteiger partial charge in [0.05, 0.1) is 44.2 Å². The maximum atomic E-state index is 11.9. The second kappa shape index (κ2) is 9.67. The predicted molar refractivity (Wildman–Crippen MR) is 104 cm³/mol. The van der Waals surface area contributed by atoms with Gasteiger partial charge in [0.25, 0.3) is 5.91 Å². The summed E-state index contributed by atoms with van der Waals surface area (Å²) in [5.74, 6) is 1.59. The van der Waals surface area contributed by atoms with Gasteiger partial charge in [-0.1, -0.05) is 12.1 Å². The van der Waals surface area contributed by atoms with E-state index in [1.165, 1.54) is 6.21 Å². The average Bonchev–Trinajstić information content (AvgIpc) is 2.66. The number of carbonyl (C=O) groups is 1. The molecule has 0 aliphatic heterocycles. The molecule has 0 saturated heterocycles. The molecule has 0 bridgehead atoms. The molecule has 0 unspecified atom stereocenters. The molecule has 1 amide bonds. The van der Waals surface area contributed by atoms with Gasteiger partial charge in [-0.15, -0.1) is 0 Å². The van der Waals surface area contributed by atoms with Crippen molar-refractivity contribution in [3.05, 3.63) is 46.4 Å². The van der Waals surface area contributed by atoms with E-state index in [1.54, 1.807) is 33.5 Å². The Morgan fingerprint density at radius 3 is 2.46 bits per heavy atom. The van der Waals surface area contributed by atoms with Crippen molar-refractivity contribution in [2.75, 3.05) is 33.2 Å². The van der Waals surface area contributed by atoms with Gasteiger partial charge in [0.15, 0.2) is 0 Å². The van der Waals surface area contributed by atoms with E-state index in [0.29, 0.717) is 22.8 Å². The monoisotopic (exact) mass is 421 g/mol. The summed E-state index contributed by atoms with van der Waals surface area (Å²) in [6.07, 6.45) is 1.50. The lowest BCUT2D eigenvalue weighted by atomic mass is 10.2. The zero-order valence-corrected chi connectivity index (χ0v) is 16.3. The van der Waals surface area contributed by atoms with E-state index < -0.39 is 0 Å². The third-order valence-electron chi connectivity index (χ3n) is 3.44. The first-order chi connectivity index (χ1) is 12.6. The summed E-state index contributed by atoms with van der Waals surface area (Å²) in [6, 6.07) is 10.9. The second-order valence-electron chi connectivity index (χ2n) is 5.08. The average molecular weight is 422 g/mol. The fourth-order valence-electron chi connectivity index (χ4n) is 2.16. The fourth-order valence-corrected chi connectivity index (χ4v) is 2.69. The van der Waals surface area contributed by atoms with Gasteiger partial charge in [0.2, 0.25) is 0 Å². The maximum absolute atomic E-state index is 11.9. The van der Waals surface area contributed by atoms with Crippen LogP contribution in [0.25, 0.3) is 0 Å². The molecule has 138 valence electrons. The Kier molecular flexibility index (Phi) is 7.28. The van der Waals surface area contributed by atoms with Crippen molar-refractivity contribution in [2.45, 2.75) is 0 Å². The first kappa shape index (κ1) is 19.6. The van der Waals surface area contributed by atoms with Crippen molar-refractivity contribution < 1.29 is 19.0 Å². The number of methoxy groups -OCH3 is 3. The summed E-state index contributed by atoms with van der Waals surface area (Å²) in [7, 11) is 4.70. The van der Waals surface area contributed by atoms with E-state index in [1.807, 2.05) is 24.3 Å². The molecule has 2 aromatic rings. The molecule has 0 heterocycles. The molecule has 0 aliphatic rings. The smallest absolute Gasteiger partial charge is 0.259 e. The van der Waals surface area contributed by atoms with Crippen LogP contribution >= 0.6 is 15.9 Å². The lowest BCUT2D eigenvalue weighted by Gasteiger charge is -2.10. The van der Waals surface area contributed by atoms with E-state index in [-0.39, 0.29) is 12.5 Å². The van der Waals surface area contributed by atoms with E-state index in [2.05, 4.69) is 31.8 Å². The van der Waals surface area contributed by atoms with Crippen LogP contribution in [0.1, 0.15) is 5.56 Å². The molecule has 2 rings (SSSR count). The highest BCUT2D eigenvalue weighted by Gasteiger charge is 2.08. The van der Waals surface area contributed by atoms with Crippen molar-refractivity contribution >= 4 is 33.7 Å². The molecule has 0 aliphatic carbocycles. The number of anilines is 1. The van der Waals surface area contributed by atoms with Gasteiger partial charge in [0.1, 0.15) is 17.2 Å². The number of halogens is 1. The SMILES string of the molecule is COc1cc(OC)c(/C=N\NC(=O)CNc2ccccc2OC)cc1Br. The number of amides is 1. The number of ether oxygens (including phenoxy) is 3. The van der Waals surface area contributed by atoms with Gasteiger partial charge in [-0.3, -0.25) is 4.79 Å². The second-order valence-corrected chi connectivity index (χ2v) is 5.93. The van der Waals surface area contributed by atoms with E-state index in [4.69, 9.17) is 14.2 Å². The minimum Gasteiger partial charge on any atom is -0.496 e. The summed E-state index contributed by atoms with van der Waals surface area (Å²) in [4.78, 5) is 11.9. The van der Waals surface area contributed by atoms with Gasteiger partial charge >= 0.3 is 0 Å². The highest BCUT2D eigenvalue weighted by Crippen LogP contribution is 2.31. The van der Waals surface area contributed by atoms with Crippen LogP contribution in [0, 0.1) is 0 Å². The normalized spacial score (nSPS) is 10.5. The van der Waals surface area contributed by atoms with E-state index >= 15 is 0 Å². The summed E-state index contributed by atoms with van der Waals surface area (Å²) in [5, 5.41) is 6.96. The summed E-state index contributed by atoms with van der Waals surface area (Å²) in [5.41, 5.74) is 3.89.